The van der Waals surface area contributed by atoms with Crippen LogP contribution in [0.3, 0.4) is 0 Å². The zero-order valence-corrected chi connectivity index (χ0v) is 17.2. The number of benzene rings is 1. The van der Waals surface area contributed by atoms with Gasteiger partial charge >= 0.3 is 6.09 Å². The van der Waals surface area contributed by atoms with Crippen LogP contribution in [0.25, 0.3) is 0 Å². The number of nitrogens with zero attached hydrogens (tertiary/aromatic N) is 1. The van der Waals surface area contributed by atoms with Crippen LogP contribution in [0.1, 0.15) is 41.5 Å². The van der Waals surface area contributed by atoms with Crippen LogP contribution in [0.15, 0.2) is 24.3 Å². The number of carbonyl (C=O) groups excluding carboxylic acids is 3. The average molecular weight is 391 g/mol. The summed E-state index contributed by atoms with van der Waals surface area (Å²) in [6.45, 7) is 10.6. The number of hydrogen-bond donors (Lipinski definition) is 2. The predicted molar refractivity (Wildman–Crippen MR) is 105 cm³/mol. The lowest BCUT2D eigenvalue weighted by Crippen LogP contribution is -2.56. The number of amides is 3. The predicted octanol–water partition coefficient (Wildman–Crippen LogP) is 2.54. The van der Waals surface area contributed by atoms with Crippen molar-refractivity contribution in [2.45, 2.75) is 65.3 Å². The zero-order valence-electron chi connectivity index (χ0n) is 17.2. The quantitative estimate of drug-likeness (QED) is 0.822. The lowest BCUT2D eigenvalue weighted by atomic mass is 10.1. The molecule has 2 rings (SSSR count). The molecule has 0 aliphatic carbocycles. The average Bonchev–Trinajstić information content (AvgIpc) is 2.70. The summed E-state index contributed by atoms with van der Waals surface area (Å²) >= 11 is 0. The van der Waals surface area contributed by atoms with Crippen molar-refractivity contribution in [3.63, 3.8) is 0 Å². The zero-order chi connectivity index (χ0) is 21.1. The molecule has 1 aromatic rings. The van der Waals surface area contributed by atoms with E-state index in [9.17, 15) is 14.4 Å². The Bertz CT molecular complexity index is 744. The summed E-state index contributed by atoms with van der Waals surface area (Å²) in [6, 6.07) is 5.35. The van der Waals surface area contributed by atoms with Crippen molar-refractivity contribution in [2.24, 2.45) is 0 Å². The topological polar surface area (TPSA) is 97.0 Å². The number of hydrogen-bond acceptors (Lipinski definition) is 5. The molecule has 0 saturated heterocycles. The van der Waals surface area contributed by atoms with Crippen molar-refractivity contribution in [1.82, 2.24) is 10.2 Å². The van der Waals surface area contributed by atoms with Crippen molar-refractivity contribution in [1.29, 1.82) is 0 Å². The smallest absolute Gasteiger partial charge is 0.410 e. The Kier molecular flexibility index (Phi) is 6.53. The van der Waals surface area contributed by atoms with Crippen LogP contribution in [0.2, 0.25) is 0 Å². The molecule has 0 spiro atoms. The molecular weight excluding hydrogens is 362 g/mol. The SMILES string of the molecule is CCN(C(=O)OC(C)(C)C)[C@@H](C)C(=O)N[C@@H]1C(=O)Nc2ccccc2O[C@H]1C. The Hall–Kier alpha value is -2.77. The van der Waals surface area contributed by atoms with Crippen LogP contribution in [0.4, 0.5) is 10.5 Å². The highest BCUT2D eigenvalue weighted by Gasteiger charge is 2.35. The first kappa shape index (κ1) is 21.5. The molecule has 1 heterocycles. The van der Waals surface area contributed by atoms with E-state index >= 15 is 0 Å². The number of para-hydroxylation sites is 2. The standard InChI is InChI=1S/C20H29N3O5/c1-7-23(19(26)28-20(4,5)6)12(2)17(24)22-16-13(3)27-15-11-9-8-10-14(15)21-18(16)25/h8-13,16H,7H2,1-6H3,(H,21,25)(H,22,24)/t12-,13-,16-/m0/s1. The van der Waals surface area contributed by atoms with E-state index in [1.54, 1.807) is 65.8 Å². The van der Waals surface area contributed by atoms with Gasteiger partial charge in [-0.15, -0.1) is 0 Å². The maximum atomic E-state index is 12.8. The third kappa shape index (κ3) is 5.15. The minimum absolute atomic E-state index is 0.290. The van der Waals surface area contributed by atoms with Crippen LogP contribution in [0.5, 0.6) is 5.75 Å². The number of rotatable bonds is 4. The highest BCUT2D eigenvalue weighted by molar-refractivity contribution is 6.00. The molecule has 8 nitrogen and oxygen atoms in total. The second-order valence-electron chi connectivity index (χ2n) is 7.74. The minimum atomic E-state index is -0.903. The van der Waals surface area contributed by atoms with Gasteiger partial charge in [-0.2, -0.15) is 0 Å². The first-order valence-electron chi connectivity index (χ1n) is 9.40. The molecular formula is C20H29N3O5. The molecule has 154 valence electrons. The van der Waals surface area contributed by atoms with Crippen molar-refractivity contribution in [2.75, 3.05) is 11.9 Å². The Morgan fingerprint density at radius 1 is 1.32 bits per heavy atom. The summed E-state index contributed by atoms with van der Waals surface area (Å²) in [5.74, 6) is -0.301. The van der Waals surface area contributed by atoms with Gasteiger partial charge in [0, 0.05) is 6.54 Å². The van der Waals surface area contributed by atoms with Crippen molar-refractivity contribution < 1.29 is 23.9 Å². The fourth-order valence-corrected chi connectivity index (χ4v) is 2.84. The van der Waals surface area contributed by atoms with Gasteiger partial charge in [-0.25, -0.2) is 4.79 Å². The number of likely N-dealkylation sites (N-methyl/N-ethyl adjacent to an activating group) is 1. The summed E-state index contributed by atoms with van der Waals surface area (Å²) in [5, 5.41) is 5.46. The molecule has 0 radical (unpaired) electrons. The van der Waals surface area contributed by atoms with Gasteiger partial charge in [0.05, 0.1) is 5.69 Å². The van der Waals surface area contributed by atoms with E-state index in [4.69, 9.17) is 9.47 Å². The summed E-state index contributed by atoms with van der Waals surface area (Å²) < 4.78 is 11.2. The molecule has 3 atom stereocenters. The van der Waals surface area contributed by atoms with Crippen molar-refractivity contribution in [3.8, 4) is 5.75 Å². The van der Waals surface area contributed by atoms with E-state index in [0.717, 1.165) is 0 Å². The third-order valence-electron chi connectivity index (χ3n) is 4.32. The molecule has 0 saturated carbocycles. The van der Waals surface area contributed by atoms with Crippen LogP contribution in [-0.4, -0.2) is 53.1 Å². The van der Waals surface area contributed by atoms with Crippen molar-refractivity contribution >= 4 is 23.6 Å². The van der Waals surface area contributed by atoms with Gasteiger partial charge < -0.3 is 20.1 Å². The van der Waals surface area contributed by atoms with E-state index in [0.29, 0.717) is 11.4 Å². The van der Waals surface area contributed by atoms with Gasteiger partial charge in [0.2, 0.25) is 5.91 Å². The van der Waals surface area contributed by atoms with Gasteiger partial charge in [-0.05, 0) is 53.7 Å². The van der Waals surface area contributed by atoms with Crippen LogP contribution in [-0.2, 0) is 14.3 Å². The van der Waals surface area contributed by atoms with Gasteiger partial charge in [-0.1, -0.05) is 12.1 Å². The summed E-state index contributed by atoms with van der Waals surface area (Å²) in [4.78, 5) is 39.1. The fourth-order valence-electron chi connectivity index (χ4n) is 2.84. The highest BCUT2D eigenvalue weighted by atomic mass is 16.6. The monoisotopic (exact) mass is 391 g/mol. The Morgan fingerprint density at radius 3 is 2.57 bits per heavy atom. The number of carbonyl (C=O) groups is 3. The maximum absolute atomic E-state index is 12.8. The van der Waals surface area contributed by atoms with Crippen LogP contribution < -0.4 is 15.4 Å². The molecule has 8 heteroatoms. The largest absolute Gasteiger partial charge is 0.486 e. The first-order valence-corrected chi connectivity index (χ1v) is 9.40. The first-order chi connectivity index (χ1) is 13.0. The number of anilines is 1. The molecule has 2 N–H and O–H groups in total. The number of nitrogens with one attached hydrogen (secondary N) is 2. The maximum Gasteiger partial charge on any atom is 0.410 e. The molecule has 0 unspecified atom stereocenters. The highest BCUT2D eigenvalue weighted by Crippen LogP contribution is 2.28. The lowest BCUT2D eigenvalue weighted by Gasteiger charge is -2.31. The molecule has 1 aliphatic heterocycles. The van der Waals surface area contributed by atoms with E-state index in [1.807, 2.05) is 0 Å². The van der Waals surface area contributed by atoms with E-state index in [2.05, 4.69) is 10.6 Å². The van der Waals surface area contributed by atoms with E-state index in [-0.39, 0.29) is 12.5 Å². The molecule has 0 bridgehead atoms. The summed E-state index contributed by atoms with van der Waals surface area (Å²) in [5.41, 5.74) is -0.121. The Balaban J connectivity index is 2.10. The number of ether oxygens (including phenoxy) is 2. The molecule has 0 fully saturated rings. The normalized spacial score (nSPS) is 20.0. The lowest BCUT2D eigenvalue weighted by molar-refractivity contribution is -0.131. The summed E-state index contributed by atoms with van der Waals surface area (Å²) in [7, 11) is 0. The Labute approximate surface area is 165 Å². The second kappa shape index (κ2) is 8.50. The van der Waals surface area contributed by atoms with Gasteiger partial charge in [0.25, 0.3) is 5.91 Å². The second-order valence-corrected chi connectivity index (χ2v) is 7.74. The van der Waals surface area contributed by atoms with E-state index in [1.165, 1.54) is 4.90 Å². The number of fused-ring (bicyclic) bond motifs is 1. The van der Waals surface area contributed by atoms with Crippen LogP contribution in [0, 0.1) is 0 Å². The molecule has 1 aromatic carbocycles. The van der Waals surface area contributed by atoms with Gasteiger partial charge in [0.15, 0.2) is 0 Å². The molecule has 28 heavy (non-hydrogen) atoms. The van der Waals surface area contributed by atoms with Crippen molar-refractivity contribution in [3.05, 3.63) is 24.3 Å². The fraction of sp³-hybridized carbons (Fsp3) is 0.550. The summed E-state index contributed by atoms with van der Waals surface area (Å²) in [6.07, 6.45) is -1.17. The van der Waals surface area contributed by atoms with Gasteiger partial charge in [-0.3, -0.25) is 14.5 Å². The van der Waals surface area contributed by atoms with Crippen LogP contribution >= 0.6 is 0 Å². The third-order valence-corrected chi connectivity index (χ3v) is 4.32. The van der Waals surface area contributed by atoms with E-state index < -0.39 is 35.8 Å². The van der Waals surface area contributed by atoms with Gasteiger partial charge in [0.1, 0.15) is 29.5 Å². The molecule has 1 aliphatic rings. The minimum Gasteiger partial charge on any atom is -0.486 e. The molecule has 0 aromatic heterocycles. The molecule has 3 amide bonds. The Morgan fingerprint density at radius 2 is 1.96 bits per heavy atom.